The van der Waals surface area contributed by atoms with Gasteiger partial charge in [0.15, 0.2) is 0 Å². The summed E-state index contributed by atoms with van der Waals surface area (Å²) in [4.78, 5) is 13.3. The zero-order valence-electron chi connectivity index (χ0n) is 20.5. The number of carbonyl (C=O) groups excluding carboxylic acids is 1. The van der Waals surface area contributed by atoms with Gasteiger partial charge in [-0.15, -0.1) is 0 Å². The van der Waals surface area contributed by atoms with Crippen LogP contribution in [0.4, 0.5) is 43.4 Å². The summed E-state index contributed by atoms with van der Waals surface area (Å²) in [5.74, 6) is -0.196. The largest absolute Gasteiger partial charge is 0.423 e. The van der Waals surface area contributed by atoms with E-state index >= 15 is 0 Å². The lowest BCUT2D eigenvalue weighted by Gasteiger charge is -2.26. The number of alkyl halides is 6. The number of benzene rings is 4. The molecule has 0 amide bonds. The van der Waals surface area contributed by atoms with Crippen LogP contribution in [0.2, 0.25) is 0 Å². The van der Waals surface area contributed by atoms with Crippen LogP contribution in [0.15, 0.2) is 109 Å². The second-order valence-electron chi connectivity index (χ2n) is 8.67. The SMILES string of the molecule is C=C(C)C(=O)Oc1ccc(-c2ccc(N(c3ccc(C(F)(F)F)cc3)c3ccc(C(F)(F)F)cc3)cc2)cc1. The van der Waals surface area contributed by atoms with E-state index in [1.54, 1.807) is 53.4 Å². The van der Waals surface area contributed by atoms with Crippen molar-refractivity contribution in [2.75, 3.05) is 4.90 Å². The van der Waals surface area contributed by atoms with E-state index in [0.717, 1.165) is 35.4 Å². The average molecular weight is 541 g/mol. The minimum Gasteiger partial charge on any atom is -0.423 e. The number of ether oxygens (including phenoxy) is 1. The van der Waals surface area contributed by atoms with Crippen molar-refractivity contribution in [1.29, 1.82) is 0 Å². The lowest BCUT2D eigenvalue weighted by atomic mass is 10.0. The van der Waals surface area contributed by atoms with E-state index in [2.05, 4.69) is 6.58 Å². The highest BCUT2D eigenvalue weighted by Crippen LogP contribution is 2.39. The first-order valence-electron chi connectivity index (χ1n) is 11.6. The number of hydrogen-bond donors (Lipinski definition) is 0. The lowest BCUT2D eigenvalue weighted by molar-refractivity contribution is -0.138. The van der Waals surface area contributed by atoms with Gasteiger partial charge < -0.3 is 9.64 Å². The maximum Gasteiger partial charge on any atom is 0.416 e. The van der Waals surface area contributed by atoms with E-state index in [0.29, 0.717) is 22.8 Å². The van der Waals surface area contributed by atoms with Crippen molar-refractivity contribution in [3.63, 3.8) is 0 Å². The molecule has 0 unspecified atom stereocenters. The van der Waals surface area contributed by atoms with Crippen molar-refractivity contribution < 1.29 is 35.9 Å². The molecule has 39 heavy (non-hydrogen) atoms. The van der Waals surface area contributed by atoms with Crippen LogP contribution in [-0.2, 0) is 17.1 Å². The molecule has 0 aliphatic heterocycles. The first kappa shape index (κ1) is 27.5. The molecule has 3 nitrogen and oxygen atoms in total. The zero-order valence-corrected chi connectivity index (χ0v) is 20.5. The summed E-state index contributed by atoms with van der Waals surface area (Å²) in [6.07, 6.45) is -9.06. The fraction of sp³-hybridized carbons (Fsp3) is 0.100. The molecule has 4 rings (SSSR count). The Hall–Kier alpha value is -4.53. The summed E-state index contributed by atoms with van der Waals surface area (Å²) in [6.45, 7) is 5.07. The number of esters is 1. The Labute approximate surface area is 220 Å². The van der Waals surface area contributed by atoms with Gasteiger partial charge in [0.25, 0.3) is 0 Å². The second-order valence-corrected chi connectivity index (χ2v) is 8.67. The van der Waals surface area contributed by atoms with Gasteiger partial charge in [-0.25, -0.2) is 4.79 Å². The molecular weight excluding hydrogens is 520 g/mol. The Morgan fingerprint density at radius 2 is 0.949 bits per heavy atom. The van der Waals surface area contributed by atoms with Crippen LogP contribution in [0.5, 0.6) is 5.75 Å². The second kappa shape index (κ2) is 10.7. The molecule has 0 aromatic heterocycles. The third-order valence-corrected chi connectivity index (χ3v) is 5.78. The third-order valence-electron chi connectivity index (χ3n) is 5.78. The van der Waals surface area contributed by atoms with Crippen LogP contribution in [-0.4, -0.2) is 5.97 Å². The summed E-state index contributed by atoms with van der Waals surface area (Å²) in [6, 6.07) is 22.4. The van der Waals surface area contributed by atoms with Crippen LogP contribution in [0.3, 0.4) is 0 Å². The molecule has 0 radical (unpaired) electrons. The van der Waals surface area contributed by atoms with Crippen LogP contribution in [0.25, 0.3) is 11.1 Å². The predicted molar refractivity (Wildman–Crippen MR) is 137 cm³/mol. The Balaban J connectivity index is 1.67. The van der Waals surface area contributed by atoms with Crippen molar-refractivity contribution in [3.8, 4) is 16.9 Å². The van der Waals surface area contributed by atoms with Crippen molar-refractivity contribution in [2.45, 2.75) is 19.3 Å². The van der Waals surface area contributed by atoms with Crippen molar-refractivity contribution in [1.82, 2.24) is 0 Å². The molecule has 0 aliphatic carbocycles. The molecule has 0 bridgehead atoms. The van der Waals surface area contributed by atoms with Gasteiger partial charge in [-0.3, -0.25) is 0 Å². The highest BCUT2D eigenvalue weighted by molar-refractivity contribution is 5.88. The first-order valence-corrected chi connectivity index (χ1v) is 11.6. The lowest BCUT2D eigenvalue weighted by Crippen LogP contribution is -2.12. The zero-order chi connectivity index (χ0) is 28.4. The van der Waals surface area contributed by atoms with E-state index in [1.165, 1.54) is 31.2 Å². The minimum absolute atomic E-state index is 0.264. The standard InChI is InChI=1S/C30H21F6NO2/c1-19(2)28(38)39-27-17-5-21(6-18-27)20-3-11-24(12-4-20)37(25-13-7-22(8-14-25)29(31,32)33)26-15-9-23(10-16-26)30(34,35)36/h3-18H,1H2,2H3. The number of halogens is 6. The highest BCUT2D eigenvalue weighted by atomic mass is 19.4. The Morgan fingerprint density at radius 1 is 0.615 bits per heavy atom. The fourth-order valence-electron chi connectivity index (χ4n) is 3.76. The molecule has 0 saturated heterocycles. The van der Waals surface area contributed by atoms with Crippen LogP contribution >= 0.6 is 0 Å². The molecule has 0 fully saturated rings. The highest BCUT2D eigenvalue weighted by Gasteiger charge is 2.31. The molecule has 9 heteroatoms. The smallest absolute Gasteiger partial charge is 0.416 e. The number of hydrogen-bond acceptors (Lipinski definition) is 3. The van der Waals surface area contributed by atoms with E-state index in [-0.39, 0.29) is 5.57 Å². The maximum atomic E-state index is 13.1. The topological polar surface area (TPSA) is 29.5 Å². The quantitative estimate of drug-likeness (QED) is 0.105. The van der Waals surface area contributed by atoms with Gasteiger partial charge in [0.1, 0.15) is 5.75 Å². The molecule has 0 saturated carbocycles. The van der Waals surface area contributed by atoms with Crippen molar-refractivity contribution >= 4 is 23.0 Å². The summed E-state index contributed by atoms with van der Waals surface area (Å²) in [7, 11) is 0. The van der Waals surface area contributed by atoms with Crippen LogP contribution < -0.4 is 9.64 Å². The van der Waals surface area contributed by atoms with Gasteiger partial charge in [0, 0.05) is 22.6 Å². The molecule has 200 valence electrons. The summed E-state index contributed by atoms with van der Waals surface area (Å²) < 4.78 is 83.8. The normalized spacial score (nSPS) is 11.7. The summed E-state index contributed by atoms with van der Waals surface area (Å²) >= 11 is 0. The van der Waals surface area contributed by atoms with E-state index in [9.17, 15) is 31.1 Å². The molecule has 4 aromatic carbocycles. The van der Waals surface area contributed by atoms with Gasteiger partial charge in [-0.05, 0) is 90.8 Å². The fourth-order valence-corrected chi connectivity index (χ4v) is 3.76. The van der Waals surface area contributed by atoms with Crippen LogP contribution in [0.1, 0.15) is 18.1 Å². The molecule has 0 atom stereocenters. The van der Waals surface area contributed by atoms with Gasteiger partial charge in [0.2, 0.25) is 0 Å². The number of nitrogens with zero attached hydrogens (tertiary/aromatic N) is 1. The van der Waals surface area contributed by atoms with Gasteiger partial charge in [0.05, 0.1) is 11.1 Å². The molecule has 0 heterocycles. The van der Waals surface area contributed by atoms with Gasteiger partial charge in [-0.1, -0.05) is 30.8 Å². The van der Waals surface area contributed by atoms with E-state index < -0.39 is 29.4 Å². The molecule has 0 N–H and O–H groups in total. The summed E-state index contributed by atoms with van der Waals surface area (Å²) in [5.41, 5.74) is 1.35. The molecular formula is C30H21F6NO2. The van der Waals surface area contributed by atoms with Gasteiger partial charge >= 0.3 is 18.3 Å². The van der Waals surface area contributed by atoms with E-state index in [4.69, 9.17) is 4.74 Å². The monoisotopic (exact) mass is 541 g/mol. The minimum atomic E-state index is -4.53. The maximum absolute atomic E-state index is 13.1. The van der Waals surface area contributed by atoms with Crippen LogP contribution in [0, 0.1) is 0 Å². The third kappa shape index (κ3) is 6.49. The Morgan fingerprint density at radius 3 is 1.28 bits per heavy atom. The predicted octanol–water partition coefficient (Wildman–Crippen LogP) is 9.34. The average Bonchev–Trinajstić information content (AvgIpc) is 2.89. The molecule has 0 spiro atoms. The number of anilines is 3. The summed E-state index contributed by atoms with van der Waals surface area (Å²) in [5, 5.41) is 0. The van der Waals surface area contributed by atoms with Crippen molar-refractivity contribution in [3.05, 3.63) is 120 Å². The molecule has 0 aliphatic rings. The Bertz CT molecular complexity index is 1400. The van der Waals surface area contributed by atoms with Gasteiger partial charge in [-0.2, -0.15) is 26.3 Å². The first-order chi connectivity index (χ1) is 18.3. The van der Waals surface area contributed by atoms with Crippen molar-refractivity contribution in [2.24, 2.45) is 0 Å². The number of carbonyl (C=O) groups is 1. The number of rotatable bonds is 6. The van der Waals surface area contributed by atoms with E-state index in [1.807, 2.05) is 0 Å². The Kier molecular flexibility index (Phi) is 7.53. The molecule has 4 aromatic rings.